The highest BCUT2D eigenvalue weighted by atomic mass is 16.5. The zero-order valence-corrected chi connectivity index (χ0v) is 25.0. The highest BCUT2D eigenvalue weighted by Gasteiger charge is 2.35. The van der Waals surface area contributed by atoms with Crippen LogP contribution in [0, 0.1) is 17.3 Å². The Bertz CT molecular complexity index is 766. The van der Waals surface area contributed by atoms with Crippen LogP contribution in [0.15, 0.2) is 20.0 Å². The smallest absolute Gasteiger partial charge is 0.210 e. The van der Waals surface area contributed by atoms with E-state index in [1.165, 1.54) is 0 Å². The summed E-state index contributed by atoms with van der Waals surface area (Å²) in [5, 5.41) is 0. The van der Waals surface area contributed by atoms with Gasteiger partial charge in [0.25, 0.3) is 0 Å². The van der Waals surface area contributed by atoms with Crippen molar-refractivity contribution in [1.82, 2.24) is 0 Å². The summed E-state index contributed by atoms with van der Waals surface area (Å²) in [5.74, 6) is 3.55. The fourth-order valence-electron chi connectivity index (χ4n) is 4.66. The number of nitrogens with zero attached hydrogens (tertiary/aromatic N) is 4. The number of ether oxygens (including phenoxy) is 4. The van der Waals surface area contributed by atoms with Crippen LogP contribution < -0.4 is 0 Å². The Morgan fingerprint density at radius 2 is 0.892 bits per heavy atom. The lowest BCUT2D eigenvalue weighted by Crippen LogP contribution is -2.39. The van der Waals surface area contributed by atoms with E-state index in [9.17, 15) is 0 Å². The highest BCUT2D eigenvalue weighted by Crippen LogP contribution is 2.33. The minimum absolute atomic E-state index is 0.0705. The van der Waals surface area contributed by atoms with Crippen molar-refractivity contribution < 1.29 is 18.9 Å². The van der Waals surface area contributed by atoms with Gasteiger partial charge < -0.3 is 18.9 Å². The summed E-state index contributed by atoms with van der Waals surface area (Å²) in [5.41, 5.74) is 0.0705. The predicted octanol–water partition coefficient (Wildman–Crippen LogP) is 6.13. The molecule has 2 heterocycles. The summed E-state index contributed by atoms with van der Waals surface area (Å²) >= 11 is 0. The summed E-state index contributed by atoms with van der Waals surface area (Å²) in [4.78, 5) is 19.8. The van der Waals surface area contributed by atoms with Crippen LogP contribution in [0.5, 0.6) is 0 Å². The average Bonchev–Trinajstić information content (AvgIpc) is 2.84. The summed E-state index contributed by atoms with van der Waals surface area (Å²) in [6.45, 7) is 23.5. The van der Waals surface area contributed by atoms with Crippen molar-refractivity contribution in [2.45, 2.75) is 119 Å². The summed E-state index contributed by atoms with van der Waals surface area (Å²) < 4.78 is 23.7. The molecular formula is C29H52N4O4. The Morgan fingerprint density at radius 3 is 1.19 bits per heavy atom. The molecule has 4 atom stereocenters. The van der Waals surface area contributed by atoms with Gasteiger partial charge in [0.2, 0.25) is 23.6 Å². The van der Waals surface area contributed by atoms with Gasteiger partial charge in [0, 0.05) is 0 Å². The first-order valence-electron chi connectivity index (χ1n) is 14.4. The van der Waals surface area contributed by atoms with E-state index >= 15 is 0 Å². The molecule has 0 radical (unpaired) electrons. The van der Waals surface area contributed by atoms with Crippen molar-refractivity contribution in [2.75, 3.05) is 26.4 Å². The summed E-state index contributed by atoms with van der Waals surface area (Å²) in [7, 11) is 0. The SMILES string of the molecule is CCOC1=N[C@H](CCC(C)(C)CC[C@H]2N=C(OCC)[C@H](C(C)C)N=C2OCC)C(OCC)=N[C@H]1C(C)C. The molecule has 37 heavy (non-hydrogen) atoms. The topological polar surface area (TPSA) is 86.4 Å². The van der Waals surface area contributed by atoms with E-state index in [1.807, 2.05) is 27.7 Å². The monoisotopic (exact) mass is 520 g/mol. The Balaban J connectivity index is 2.11. The number of hydrogen-bond acceptors (Lipinski definition) is 8. The van der Waals surface area contributed by atoms with Gasteiger partial charge in [0.05, 0.1) is 26.4 Å². The van der Waals surface area contributed by atoms with Crippen LogP contribution in [0.25, 0.3) is 0 Å². The first-order chi connectivity index (χ1) is 17.6. The zero-order valence-electron chi connectivity index (χ0n) is 25.0. The lowest BCUT2D eigenvalue weighted by Gasteiger charge is -2.32. The quantitative estimate of drug-likeness (QED) is 0.310. The third-order valence-corrected chi connectivity index (χ3v) is 6.80. The molecule has 8 nitrogen and oxygen atoms in total. The molecule has 0 N–H and O–H groups in total. The molecule has 212 valence electrons. The van der Waals surface area contributed by atoms with Gasteiger partial charge in [0.1, 0.15) is 24.2 Å². The summed E-state index contributed by atoms with van der Waals surface area (Å²) in [6, 6.07) is -0.387. The maximum Gasteiger partial charge on any atom is 0.210 e. The molecule has 8 heteroatoms. The molecule has 0 saturated carbocycles. The van der Waals surface area contributed by atoms with E-state index in [2.05, 4.69) is 41.5 Å². The second-order valence-electron chi connectivity index (χ2n) is 11.3. The van der Waals surface area contributed by atoms with E-state index in [-0.39, 0.29) is 29.6 Å². The standard InChI is InChI=1S/C29H52N4O4/c1-11-34-25-21(30-27(36-13-3)23(32-25)19(5)6)15-17-29(9,10)18-16-22-26(35-12-2)33-24(20(7)8)28(31-22)37-14-4/h19-24H,11-18H2,1-10H3/t21-,22-,23+,24+/m1/s1. The molecule has 0 unspecified atom stereocenters. The molecule has 0 aromatic carbocycles. The summed E-state index contributed by atoms with van der Waals surface area (Å²) in [6.07, 6.45) is 3.66. The van der Waals surface area contributed by atoms with Gasteiger partial charge in [-0.3, -0.25) is 0 Å². The molecule has 0 aromatic heterocycles. The fraction of sp³-hybridized carbons (Fsp3) is 0.862. The largest absolute Gasteiger partial charge is 0.480 e. The number of rotatable bonds is 12. The molecule has 2 rings (SSSR count). The van der Waals surface area contributed by atoms with Gasteiger partial charge in [-0.05, 0) is 70.6 Å². The second kappa shape index (κ2) is 14.7. The first-order valence-corrected chi connectivity index (χ1v) is 14.4. The Morgan fingerprint density at radius 1 is 0.568 bits per heavy atom. The molecule has 2 aliphatic heterocycles. The van der Waals surface area contributed by atoms with Crippen LogP contribution in [-0.4, -0.2) is 74.2 Å². The van der Waals surface area contributed by atoms with E-state index < -0.39 is 0 Å². The van der Waals surface area contributed by atoms with Crippen molar-refractivity contribution >= 4 is 23.6 Å². The van der Waals surface area contributed by atoms with E-state index in [4.69, 9.17) is 38.9 Å². The van der Waals surface area contributed by atoms with E-state index in [1.54, 1.807) is 0 Å². The molecule has 0 fully saturated rings. The number of aliphatic imine (C=N–C) groups is 4. The minimum atomic E-state index is -0.111. The Hall–Kier alpha value is -2.12. The van der Waals surface area contributed by atoms with Gasteiger partial charge in [-0.2, -0.15) is 0 Å². The van der Waals surface area contributed by atoms with Gasteiger partial charge in [-0.15, -0.1) is 0 Å². The first kappa shape index (κ1) is 31.1. The molecule has 0 aromatic rings. The number of hydrogen-bond donors (Lipinski definition) is 0. The second-order valence-corrected chi connectivity index (χ2v) is 11.3. The van der Waals surface area contributed by atoms with Crippen LogP contribution in [0.2, 0.25) is 0 Å². The maximum atomic E-state index is 5.95. The minimum Gasteiger partial charge on any atom is -0.480 e. The molecule has 0 saturated heterocycles. The third kappa shape index (κ3) is 8.99. The van der Waals surface area contributed by atoms with Crippen LogP contribution >= 0.6 is 0 Å². The Kier molecular flexibility index (Phi) is 12.4. The van der Waals surface area contributed by atoms with Gasteiger partial charge in [-0.25, -0.2) is 20.0 Å². The van der Waals surface area contributed by atoms with Crippen LogP contribution in [0.3, 0.4) is 0 Å². The van der Waals surface area contributed by atoms with E-state index in [0.29, 0.717) is 38.3 Å². The van der Waals surface area contributed by atoms with Crippen LogP contribution in [-0.2, 0) is 18.9 Å². The van der Waals surface area contributed by atoms with Crippen molar-refractivity contribution in [3.8, 4) is 0 Å². The zero-order chi connectivity index (χ0) is 27.6. The van der Waals surface area contributed by atoms with Gasteiger partial charge >= 0.3 is 0 Å². The lowest BCUT2D eigenvalue weighted by atomic mass is 9.80. The Labute approximate surface area is 225 Å². The third-order valence-electron chi connectivity index (χ3n) is 6.80. The fourth-order valence-corrected chi connectivity index (χ4v) is 4.66. The van der Waals surface area contributed by atoms with E-state index in [0.717, 1.165) is 49.3 Å². The molecule has 0 spiro atoms. The average molecular weight is 521 g/mol. The maximum absolute atomic E-state index is 5.95. The van der Waals surface area contributed by atoms with Gasteiger partial charge in [-0.1, -0.05) is 41.5 Å². The molecule has 0 aliphatic carbocycles. The van der Waals surface area contributed by atoms with Gasteiger partial charge in [0.15, 0.2) is 0 Å². The molecule has 2 aliphatic rings. The van der Waals surface area contributed by atoms with Crippen LogP contribution in [0.1, 0.15) is 94.9 Å². The van der Waals surface area contributed by atoms with Crippen molar-refractivity contribution in [3.05, 3.63) is 0 Å². The molecular weight excluding hydrogens is 468 g/mol. The van der Waals surface area contributed by atoms with Crippen molar-refractivity contribution in [3.63, 3.8) is 0 Å². The lowest BCUT2D eigenvalue weighted by molar-refractivity contribution is 0.247. The predicted molar refractivity (Wildman–Crippen MR) is 153 cm³/mol. The van der Waals surface area contributed by atoms with Crippen molar-refractivity contribution in [2.24, 2.45) is 37.2 Å². The van der Waals surface area contributed by atoms with Crippen molar-refractivity contribution in [1.29, 1.82) is 0 Å². The molecule has 0 amide bonds. The normalized spacial score (nSPS) is 24.3. The molecule has 0 bridgehead atoms. The van der Waals surface area contributed by atoms with Crippen LogP contribution in [0.4, 0.5) is 0 Å². The highest BCUT2D eigenvalue weighted by molar-refractivity contribution is 5.94.